The summed E-state index contributed by atoms with van der Waals surface area (Å²) in [5.74, 6) is -3.69. The van der Waals surface area contributed by atoms with Crippen LogP contribution in [-0.2, 0) is 14.4 Å². The van der Waals surface area contributed by atoms with Crippen molar-refractivity contribution in [3.63, 3.8) is 0 Å². The number of nitrogens with zero attached hydrogens (tertiary/aromatic N) is 1. The summed E-state index contributed by atoms with van der Waals surface area (Å²) in [7, 11) is 0. The summed E-state index contributed by atoms with van der Waals surface area (Å²) in [6.07, 6.45) is 12.6. The summed E-state index contributed by atoms with van der Waals surface area (Å²) < 4.78 is -0.483. The van der Waals surface area contributed by atoms with Crippen LogP contribution in [0.15, 0.2) is 12.2 Å². The number of carboxylic acids is 3. The standard InChI is InChI=1S/C24H43NO6/c1-5-9-10-11-12-13-14-15-16-17-18-25(19(6-2)22(26)27,20(7-3)23(28)29)21(8-4)24(30)31/h12-13,19-21H,5-11,14-18H2,1-4H3,(H2-,26,27,28,29,30,31)/b13-12+. The van der Waals surface area contributed by atoms with Gasteiger partial charge in [0.25, 0.3) is 0 Å². The molecule has 31 heavy (non-hydrogen) atoms. The summed E-state index contributed by atoms with van der Waals surface area (Å²) in [5.41, 5.74) is 0. The van der Waals surface area contributed by atoms with Crippen molar-refractivity contribution in [1.29, 1.82) is 0 Å². The van der Waals surface area contributed by atoms with Gasteiger partial charge in [-0.3, -0.25) is 4.48 Å². The zero-order chi connectivity index (χ0) is 23.9. The van der Waals surface area contributed by atoms with E-state index in [1.54, 1.807) is 20.8 Å². The molecule has 0 aliphatic carbocycles. The SMILES string of the molecule is CCCCC/C=C/CCCCC[N+](C(CC)C(=O)[O-])(C(CC)C(=O)O)C(CC)C(=O)O. The number of unbranched alkanes of at least 4 members (excludes halogenated alkanes) is 6. The molecule has 0 aliphatic rings. The molecule has 3 unspecified atom stereocenters. The van der Waals surface area contributed by atoms with E-state index in [-0.39, 0.29) is 25.8 Å². The molecule has 0 bridgehead atoms. The predicted molar refractivity (Wildman–Crippen MR) is 119 cm³/mol. The Kier molecular flexibility index (Phi) is 14.9. The molecule has 0 saturated heterocycles. The maximum atomic E-state index is 12.1. The molecule has 0 aromatic heterocycles. The van der Waals surface area contributed by atoms with Crippen molar-refractivity contribution in [3.05, 3.63) is 12.2 Å². The van der Waals surface area contributed by atoms with Gasteiger partial charge in [0, 0.05) is 19.3 Å². The van der Waals surface area contributed by atoms with Gasteiger partial charge in [-0.2, -0.15) is 0 Å². The van der Waals surface area contributed by atoms with E-state index in [1.807, 2.05) is 0 Å². The quantitative estimate of drug-likeness (QED) is 0.179. The molecule has 180 valence electrons. The molecule has 0 aromatic rings. The van der Waals surface area contributed by atoms with Gasteiger partial charge >= 0.3 is 11.9 Å². The van der Waals surface area contributed by atoms with Gasteiger partial charge in [-0.05, 0) is 38.5 Å². The number of carbonyl (C=O) groups is 3. The third-order valence-corrected chi connectivity index (χ3v) is 6.30. The highest BCUT2D eigenvalue weighted by Crippen LogP contribution is 2.32. The average Bonchev–Trinajstić information content (AvgIpc) is 2.69. The Morgan fingerprint density at radius 2 is 1.19 bits per heavy atom. The van der Waals surface area contributed by atoms with Crippen LogP contribution in [0.2, 0.25) is 0 Å². The minimum atomic E-state index is -1.38. The van der Waals surface area contributed by atoms with Crippen molar-refractivity contribution < 1.29 is 34.2 Å². The molecular weight excluding hydrogens is 398 g/mol. The fourth-order valence-corrected chi connectivity index (χ4v) is 4.83. The van der Waals surface area contributed by atoms with Gasteiger partial charge in [-0.15, -0.1) is 0 Å². The molecule has 0 spiro atoms. The fourth-order valence-electron chi connectivity index (χ4n) is 4.83. The zero-order valence-corrected chi connectivity index (χ0v) is 19.8. The normalized spacial score (nSPS) is 16.5. The lowest BCUT2D eigenvalue weighted by Gasteiger charge is -2.51. The molecule has 0 amide bonds. The van der Waals surface area contributed by atoms with Crippen LogP contribution in [0.1, 0.15) is 98.3 Å². The first-order valence-corrected chi connectivity index (χ1v) is 11.9. The summed E-state index contributed by atoms with van der Waals surface area (Å²) in [4.78, 5) is 36.3. The van der Waals surface area contributed by atoms with E-state index in [2.05, 4.69) is 19.1 Å². The van der Waals surface area contributed by atoms with Crippen LogP contribution in [0, 0.1) is 0 Å². The Bertz CT molecular complexity index is 519. The number of hydrogen-bond donors (Lipinski definition) is 2. The van der Waals surface area contributed by atoms with Crippen molar-refractivity contribution in [2.75, 3.05) is 6.54 Å². The van der Waals surface area contributed by atoms with Crippen LogP contribution in [0.25, 0.3) is 0 Å². The summed E-state index contributed by atoms with van der Waals surface area (Å²) in [5, 5.41) is 31.8. The van der Waals surface area contributed by atoms with E-state index in [0.717, 1.165) is 25.7 Å². The number of allylic oxidation sites excluding steroid dienone is 2. The molecule has 0 heterocycles. The molecule has 3 atom stereocenters. The Balaban J connectivity index is 5.54. The van der Waals surface area contributed by atoms with Gasteiger partial charge in [-0.25, -0.2) is 9.59 Å². The van der Waals surface area contributed by atoms with Crippen LogP contribution < -0.4 is 5.11 Å². The van der Waals surface area contributed by atoms with Crippen LogP contribution >= 0.6 is 0 Å². The lowest BCUT2D eigenvalue weighted by Crippen LogP contribution is -2.73. The number of hydrogen-bond acceptors (Lipinski definition) is 4. The van der Waals surface area contributed by atoms with Gasteiger partial charge in [-0.1, -0.05) is 52.7 Å². The first-order valence-electron chi connectivity index (χ1n) is 11.9. The Hall–Kier alpha value is -1.89. The average molecular weight is 442 g/mol. The van der Waals surface area contributed by atoms with E-state index in [4.69, 9.17) is 0 Å². The van der Waals surface area contributed by atoms with E-state index in [9.17, 15) is 29.7 Å². The molecule has 0 rings (SSSR count). The number of carboxylic acid groups (broad SMARTS) is 3. The number of carbonyl (C=O) groups excluding carboxylic acids is 1. The van der Waals surface area contributed by atoms with Crippen molar-refractivity contribution in [2.45, 2.75) is 116 Å². The second-order valence-electron chi connectivity index (χ2n) is 8.30. The molecular formula is C24H43NO6. The van der Waals surface area contributed by atoms with Crippen LogP contribution in [0.5, 0.6) is 0 Å². The second-order valence-corrected chi connectivity index (χ2v) is 8.30. The largest absolute Gasteiger partial charge is 0.544 e. The predicted octanol–water partition coefficient (Wildman–Crippen LogP) is 3.76. The monoisotopic (exact) mass is 441 g/mol. The van der Waals surface area contributed by atoms with Gasteiger partial charge < -0.3 is 20.1 Å². The Morgan fingerprint density at radius 3 is 1.55 bits per heavy atom. The first kappa shape index (κ1) is 29.1. The zero-order valence-electron chi connectivity index (χ0n) is 19.8. The Morgan fingerprint density at radius 1 is 0.742 bits per heavy atom. The number of rotatable bonds is 19. The smallest absolute Gasteiger partial charge is 0.362 e. The van der Waals surface area contributed by atoms with E-state index in [1.165, 1.54) is 19.3 Å². The van der Waals surface area contributed by atoms with Crippen LogP contribution in [-0.4, -0.2) is 57.3 Å². The van der Waals surface area contributed by atoms with E-state index < -0.39 is 40.5 Å². The third kappa shape index (κ3) is 8.63. The summed E-state index contributed by atoms with van der Waals surface area (Å²) in [6.45, 7) is 7.37. The highest BCUT2D eigenvalue weighted by atomic mass is 16.4. The summed E-state index contributed by atoms with van der Waals surface area (Å²) in [6, 6.07) is -3.40. The van der Waals surface area contributed by atoms with Crippen molar-refractivity contribution >= 4 is 17.9 Å². The molecule has 0 radical (unpaired) electrons. The second kappa shape index (κ2) is 15.8. The lowest BCUT2D eigenvalue weighted by atomic mass is 9.94. The van der Waals surface area contributed by atoms with Crippen LogP contribution in [0.3, 0.4) is 0 Å². The molecule has 2 N–H and O–H groups in total. The molecule has 0 saturated carbocycles. The molecule has 7 nitrogen and oxygen atoms in total. The van der Waals surface area contributed by atoms with Gasteiger partial charge in [0.1, 0.15) is 6.04 Å². The maximum Gasteiger partial charge on any atom is 0.362 e. The third-order valence-electron chi connectivity index (χ3n) is 6.30. The fraction of sp³-hybridized carbons (Fsp3) is 0.792. The van der Waals surface area contributed by atoms with Crippen molar-refractivity contribution in [1.82, 2.24) is 0 Å². The van der Waals surface area contributed by atoms with E-state index in [0.29, 0.717) is 6.42 Å². The minimum Gasteiger partial charge on any atom is -0.544 e. The molecule has 0 fully saturated rings. The summed E-state index contributed by atoms with van der Waals surface area (Å²) >= 11 is 0. The van der Waals surface area contributed by atoms with E-state index >= 15 is 0 Å². The van der Waals surface area contributed by atoms with Gasteiger partial charge in [0.05, 0.1) is 12.5 Å². The lowest BCUT2D eigenvalue weighted by molar-refractivity contribution is -0.974. The van der Waals surface area contributed by atoms with Crippen LogP contribution in [0.4, 0.5) is 0 Å². The molecule has 0 aromatic carbocycles. The first-order chi connectivity index (χ1) is 14.7. The minimum absolute atomic E-state index is 0.121. The highest BCUT2D eigenvalue weighted by molar-refractivity contribution is 5.77. The molecule has 0 aliphatic heterocycles. The maximum absolute atomic E-state index is 12.1. The van der Waals surface area contributed by atoms with Crippen molar-refractivity contribution in [2.24, 2.45) is 0 Å². The van der Waals surface area contributed by atoms with Gasteiger partial charge in [0.15, 0.2) is 12.1 Å². The Labute approximate surface area is 187 Å². The van der Waals surface area contributed by atoms with Crippen molar-refractivity contribution in [3.8, 4) is 0 Å². The molecule has 7 heteroatoms. The number of quaternary nitrogens is 1. The number of aliphatic carboxylic acids is 3. The highest BCUT2D eigenvalue weighted by Gasteiger charge is 2.53. The van der Waals surface area contributed by atoms with Gasteiger partial charge in [0.2, 0.25) is 0 Å². The topological polar surface area (TPSA) is 115 Å².